The first-order valence-electron chi connectivity index (χ1n) is 5.74. The van der Waals surface area contributed by atoms with Gasteiger partial charge in [-0.2, -0.15) is 0 Å². The van der Waals surface area contributed by atoms with Crippen LogP contribution in [0.3, 0.4) is 0 Å². The fourth-order valence-corrected chi connectivity index (χ4v) is 2.03. The van der Waals surface area contributed by atoms with E-state index in [1.54, 1.807) is 0 Å². The maximum absolute atomic E-state index is 11.5. The largest absolute Gasteiger partial charge is 0.358 e. The molecule has 2 rings (SSSR count). The maximum Gasteiger partial charge on any atom is 0.329 e. The molecule has 1 N–H and O–H groups in total. The molecule has 1 fully saturated rings. The predicted octanol–water partition coefficient (Wildman–Crippen LogP) is 0.454. The fourth-order valence-electron chi connectivity index (χ4n) is 2.03. The molecular formula is C11H17N3O2. The Labute approximate surface area is 93.7 Å². The smallest absolute Gasteiger partial charge is 0.329 e. The third-order valence-corrected chi connectivity index (χ3v) is 3.08. The molecule has 0 saturated carbocycles. The van der Waals surface area contributed by atoms with Crippen LogP contribution in [0.5, 0.6) is 0 Å². The third kappa shape index (κ3) is 2.18. The summed E-state index contributed by atoms with van der Waals surface area (Å²) in [5.74, 6) is 0.662. The van der Waals surface area contributed by atoms with Gasteiger partial charge in [0.05, 0.1) is 0 Å². The van der Waals surface area contributed by atoms with E-state index in [4.69, 9.17) is 0 Å². The van der Waals surface area contributed by atoms with E-state index < -0.39 is 0 Å². The molecule has 0 aliphatic carbocycles. The highest BCUT2D eigenvalue weighted by Crippen LogP contribution is 2.14. The lowest BCUT2D eigenvalue weighted by Gasteiger charge is -2.21. The van der Waals surface area contributed by atoms with Crippen molar-refractivity contribution in [2.24, 2.45) is 7.05 Å². The summed E-state index contributed by atoms with van der Waals surface area (Å²) in [4.78, 5) is 27.8. The van der Waals surface area contributed by atoms with Crippen LogP contribution in [0.25, 0.3) is 0 Å². The highest BCUT2D eigenvalue weighted by atomic mass is 16.2. The molecule has 0 radical (unpaired) electrons. The van der Waals surface area contributed by atoms with Crippen molar-refractivity contribution in [1.29, 1.82) is 0 Å². The lowest BCUT2D eigenvalue weighted by Crippen LogP contribution is -2.36. The van der Waals surface area contributed by atoms with E-state index in [0.29, 0.717) is 5.82 Å². The van der Waals surface area contributed by atoms with Crippen molar-refractivity contribution in [2.45, 2.75) is 25.7 Å². The summed E-state index contributed by atoms with van der Waals surface area (Å²) in [6, 6.07) is 1.51. The summed E-state index contributed by atoms with van der Waals surface area (Å²) in [6.07, 6.45) is 4.70. The van der Waals surface area contributed by atoms with Gasteiger partial charge in [0.1, 0.15) is 5.82 Å². The van der Waals surface area contributed by atoms with E-state index in [-0.39, 0.29) is 11.2 Å². The van der Waals surface area contributed by atoms with Gasteiger partial charge in [-0.3, -0.25) is 14.3 Å². The molecule has 1 aliphatic rings. The normalized spacial score (nSPS) is 17.2. The molecule has 0 bridgehead atoms. The second kappa shape index (κ2) is 4.55. The minimum atomic E-state index is -0.341. The van der Waals surface area contributed by atoms with Crippen LogP contribution < -0.4 is 16.1 Å². The van der Waals surface area contributed by atoms with E-state index in [1.165, 1.54) is 26.0 Å². The van der Waals surface area contributed by atoms with E-state index in [2.05, 4.69) is 9.88 Å². The van der Waals surface area contributed by atoms with Crippen molar-refractivity contribution in [3.63, 3.8) is 0 Å². The van der Waals surface area contributed by atoms with Crippen LogP contribution in [0.15, 0.2) is 15.7 Å². The molecule has 0 aromatic carbocycles. The molecule has 0 spiro atoms. The van der Waals surface area contributed by atoms with Crippen LogP contribution in [-0.2, 0) is 7.05 Å². The van der Waals surface area contributed by atoms with Crippen molar-refractivity contribution >= 4 is 5.82 Å². The van der Waals surface area contributed by atoms with E-state index in [9.17, 15) is 9.59 Å². The maximum atomic E-state index is 11.5. The molecule has 1 saturated heterocycles. The monoisotopic (exact) mass is 223 g/mol. The first kappa shape index (κ1) is 11.0. The minimum Gasteiger partial charge on any atom is -0.358 e. The van der Waals surface area contributed by atoms with Gasteiger partial charge in [-0.1, -0.05) is 12.8 Å². The Morgan fingerprint density at radius 1 is 1.12 bits per heavy atom. The zero-order valence-electron chi connectivity index (χ0n) is 9.53. The average molecular weight is 223 g/mol. The molecule has 5 heteroatoms. The summed E-state index contributed by atoms with van der Waals surface area (Å²) in [5, 5.41) is 0. The van der Waals surface area contributed by atoms with Crippen molar-refractivity contribution in [3.8, 4) is 0 Å². The molecule has 1 aromatic rings. The minimum absolute atomic E-state index is 0.247. The summed E-state index contributed by atoms with van der Waals surface area (Å²) >= 11 is 0. The highest BCUT2D eigenvalue weighted by Gasteiger charge is 2.11. The number of nitrogens with one attached hydrogen (secondary N) is 1. The second-order valence-electron chi connectivity index (χ2n) is 4.26. The summed E-state index contributed by atoms with van der Waals surface area (Å²) in [5.41, 5.74) is -0.588. The molecule has 5 nitrogen and oxygen atoms in total. The zero-order chi connectivity index (χ0) is 11.5. The molecule has 0 amide bonds. The number of rotatable bonds is 1. The molecular weight excluding hydrogens is 206 g/mol. The topological polar surface area (TPSA) is 58.1 Å². The predicted molar refractivity (Wildman–Crippen MR) is 63.0 cm³/mol. The number of aromatic nitrogens is 2. The molecule has 16 heavy (non-hydrogen) atoms. The summed E-state index contributed by atoms with van der Waals surface area (Å²) in [7, 11) is 1.48. The van der Waals surface area contributed by atoms with Crippen LogP contribution in [0.2, 0.25) is 0 Å². The third-order valence-electron chi connectivity index (χ3n) is 3.08. The Morgan fingerprint density at radius 2 is 1.75 bits per heavy atom. The van der Waals surface area contributed by atoms with E-state index >= 15 is 0 Å². The van der Waals surface area contributed by atoms with Crippen molar-refractivity contribution in [1.82, 2.24) is 9.55 Å². The van der Waals surface area contributed by atoms with E-state index in [0.717, 1.165) is 30.5 Å². The van der Waals surface area contributed by atoms with Crippen molar-refractivity contribution in [3.05, 3.63) is 26.9 Å². The van der Waals surface area contributed by atoms with Crippen LogP contribution in [-0.4, -0.2) is 22.6 Å². The summed E-state index contributed by atoms with van der Waals surface area (Å²) < 4.78 is 1.08. The summed E-state index contributed by atoms with van der Waals surface area (Å²) in [6.45, 7) is 1.84. The first-order valence-corrected chi connectivity index (χ1v) is 5.74. The van der Waals surface area contributed by atoms with Crippen LogP contribution in [0.4, 0.5) is 5.82 Å². The van der Waals surface area contributed by atoms with E-state index in [1.807, 2.05) is 0 Å². The molecule has 1 aliphatic heterocycles. The Hall–Kier alpha value is -1.52. The molecule has 88 valence electrons. The quantitative estimate of drug-likeness (QED) is 0.752. The number of aromatic amines is 1. The van der Waals surface area contributed by atoms with Gasteiger partial charge >= 0.3 is 5.69 Å². The number of hydrogen-bond acceptors (Lipinski definition) is 3. The molecule has 0 unspecified atom stereocenters. The van der Waals surface area contributed by atoms with Gasteiger partial charge in [0.15, 0.2) is 0 Å². The van der Waals surface area contributed by atoms with Gasteiger partial charge < -0.3 is 4.90 Å². The van der Waals surface area contributed by atoms with Crippen LogP contribution in [0, 0.1) is 0 Å². The molecule has 2 heterocycles. The number of H-pyrrole nitrogens is 1. The zero-order valence-corrected chi connectivity index (χ0v) is 9.53. The second-order valence-corrected chi connectivity index (χ2v) is 4.26. The van der Waals surface area contributed by atoms with Gasteiger partial charge in [0.2, 0.25) is 0 Å². The van der Waals surface area contributed by atoms with Crippen LogP contribution in [0.1, 0.15) is 25.7 Å². The Balaban J connectivity index is 2.32. The Kier molecular flexibility index (Phi) is 3.12. The highest BCUT2D eigenvalue weighted by molar-refractivity contribution is 5.36. The Bertz CT molecular complexity index is 436. The first-order chi connectivity index (χ1) is 7.68. The van der Waals surface area contributed by atoms with Gasteiger partial charge in [0.25, 0.3) is 5.56 Å². The van der Waals surface area contributed by atoms with Gasteiger partial charge in [-0.25, -0.2) is 4.79 Å². The van der Waals surface area contributed by atoms with Gasteiger partial charge in [-0.05, 0) is 12.8 Å². The van der Waals surface area contributed by atoms with Gasteiger partial charge in [-0.15, -0.1) is 0 Å². The van der Waals surface area contributed by atoms with Gasteiger partial charge in [0, 0.05) is 26.2 Å². The van der Waals surface area contributed by atoms with Crippen molar-refractivity contribution in [2.75, 3.05) is 18.0 Å². The SMILES string of the molecule is Cn1c(=O)cc(N2CCCCCC2)[nH]c1=O. The molecule has 0 atom stereocenters. The molecule has 1 aromatic heterocycles. The number of anilines is 1. The average Bonchev–Trinajstić information content (AvgIpc) is 2.53. The lowest BCUT2D eigenvalue weighted by molar-refractivity contribution is 0.726. The number of nitrogens with zero attached hydrogens (tertiary/aromatic N) is 2. The van der Waals surface area contributed by atoms with Crippen molar-refractivity contribution < 1.29 is 0 Å². The fraction of sp³-hybridized carbons (Fsp3) is 0.636. The Morgan fingerprint density at radius 3 is 2.31 bits per heavy atom. The number of hydrogen-bond donors (Lipinski definition) is 1. The standard InChI is InChI=1S/C11H17N3O2/c1-13-10(15)8-9(12-11(13)16)14-6-4-2-3-5-7-14/h8H,2-7H2,1H3,(H,12,16). The van der Waals surface area contributed by atoms with Crippen LogP contribution >= 0.6 is 0 Å². The lowest BCUT2D eigenvalue weighted by atomic mass is 10.2.